The third kappa shape index (κ3) is 2.30. The molecular formula is C17H16N2O. The summed E-state index contributed by atoms with van der Waals surface area (Å²) in [5.41, 5.74) is 8.62. The van der Waals surface area contributed by atoms with Gasteiger partial charge in [0.05, 0.1) is 0 Å². The van der Waals surface area contributed by atoms with E-state index in [-0.39, 0.29) is 6.10 Å². The van der Waals surface area contributed by atoms with Crippen molar-refractivity contribution in [2.75, 3.05) is 5.73 Å². The molecule has 3 heteroatoms. The zero-order valence-electron chi connectivity index (χ0n) is 11.3. The van der Waals surface area contributed by atoms with Crippen molar-refractivity contribution in [3.8, 4) is 5.75 Å². The van der Waals surface area contributed by atoms with Gasteiger partial charge in [0.15, 0.2) is 0 Å². The quantitative estimate of drug-likeness (QED) is 0.728. The number of nitrogens with two attached hydrogens (primary N) is 1. The van der Waals surface area contributed by atoms with E-state index in [1.54, 1.807) is 6.20 Å². The van der Waals surface area contributed by atoms with Crippen LogP contribution in [0.2, 0.25) is 0 Å². The first kappa shape index (κ1) is 12.5. The second-order valence-electron chi connectivity index (χ2n) is 4.72. The second-order valence-corrected chi connectivity index (χ2v) is 4.72. The Morgan fingerprint density at radius 3 is 2.60 bits per heavy atom. The van der Waals surface area contributed by atoms with Crippen molar-refractivity contribution < 1.29 is 4.74 Å². The SMILES string of the molecule is CC(Oc1ccc(N)c2cccnc12)c1ccccc1. The molecule has 2 aromatic carbocycles. The summed E-state index contributed by atoms with van der Waals surface area (Å²) >= 11 is 0. The Balaban J connectivity index is 1.97. The zero-order chi connectivity index (χ0) is 13.9. The van der Waals surface area contributed by atoms with Crippen LogP contribution in [0.1, 0.15) is 18.6 Å². The van der Waals surface area contributed by atoms with Crippen molar-refractivity contribution in [2.24, 2.45) is 0 Å². The predicted molar refractivity (Wildman–Crippen MR) is 81.6 cm³/mol. The molecule has 0 saturated carbocycles. The minimum Gasteiger partial charge on any atom is -0.484 e. The summed E-state index contributed by atoms with van der Waals surface area (Å²) in [6, 6.07) is 17.7. The van der Waals surface area contributed by atoms with E-state index in [0.717, 1.165) is 22.2 Å². The van der Waals surface area contributed by atoms with Crippen LogP contribution in [0.5, 0.6) is 5.75 Å². The fourth-order valence-corrected chi connectivity index (χ4v) is 2.25. The van der Waals surface area contributed by atoms with Crippen LogP contribution in [0.15, 0.2) is 60.8 Å². The molecule has 3 nitrogen and oxygen atoms in total. The first-order chi connectivity index (χ1) is 9.75. The summed E-state index contributed by atoms with van der Waals surface area (Å²) in [6.45, 7) is 2.03. The number of hydrogen-bond donors (Lipinski definition) is 1. The molecule has 0 fully saturated rings. The largest absolute Gasteiger partial charge is 0.484 e. The van der Waals surface area contributed by atoms with Gasteiger partial charge in [-0.15, -0.1) is 0 Å². The van der Waals surface area contributed by atoms with Crippen LogP contribution in [-0.4, -0.2) is 4.98 Å². The van der Waals surface area contributed by atoms with Gasteiger partial charge in [-0.1, -0.05) is 30.3 Å². The monoisotopic (exact) mass is 264 g/mol. The molecule has 20 heavy (non-hydrogen) atoms. The molecule has 1 atom stereocenters. The van der Waals surface area contributed by atoms with Gasteiger partial charge in [-0.25, -0.2) is 0 Å². The predicted octanol–water partition coefficient (Wildman–Crippen LogP) is 3.96. The van der Waals surface area contributed by atoms with E-state index in [4.69, 9.17) is 10.5 Å². The van der Waals surface area contributed by atoms with E-state index in [1.807, 2.05) is 49.4 Å². The summed E-state index contributed by atoms with van der Waals surface area (Å²) in [6.07, 6.45) is 1.71. The number of hydrogen-bond acceptors (Lipinski definition) is 3. The molecule has 1 unspecified atom stereocenters. The van der Waals surface area contributed by atoms with E-state index in [2.05, 4.69) is 17.1 Å². The lowest BCUT2D eigenvalue weighted by Gasteiger charge is -2.16. The average Bonchev–Trinajstić information content (AvgIpc) is 2.51. The number of aromatic nitrogens is 1. The molecule has 1 aromatic heterocycles. The second kappa shape index (κ2) is 5.21. The van der Waals surface area contributed by atoms with Gasteiger partial charge in [-0.05, 0) is 36.8 Å². The molecule has 100 valence electrons. The number of fused-ring (bicyclic) bond motifs is 1. The van der Waals surface area contributed by atoms with Crippen molar-refractivity contribution >= 4 is 16.6 Å². The van der Waals surface area contributed by atoms with Gasteiger partial charge in [0.1, 0.15) is 17.4 Å². The summed E-state index contributed by atoms with van der Waals surface area (Å²) in [5, 5.41) is 0.922. The van der Waals surface area contributed by atoms with E-state index in [1.165, 1.54) is 0 Å². The van der Waals surface area contributed by atoms with Crippen LogP contribution < -0.4 is 10.5 Å². The molecule has 3 aromatic rings. The summed E-state index contributed by atoms with van der Waals surface area (Å²) in [5.74, 6) is 0.756. The molecule has 0 aliphatic rings. The number of nitrogens with zero attached hydrogens (tertiary/aromatic N) is 1. The number of ether oxygens (including phenoxy) is 1. The number of pyridine rings is 1. The lowest BCUT2D eigenvalue weighted by atomic mass is 10.1. The number of anilines is 1. The molecule has 0 aliphatic carbocycles. The van der Waals surface area contributed by atoms with Gasteiger partial charge in [0, 0.05) is 17.3 Å². The van der Waals surface area contributed by atoms with Gasteiger partial charge in [0.2, 0.25) is 0 Å². The third-order valence-corrected chi connectivity index (χ3v) is 3.34. The highest BCUT2D eigenvalue weighted by atomic mass is 16.5. The highest BCUT2D eigenvalue weighted by Gasteiger charge is 2.11. The van der Waals surface area contributed by atoms with E-state index in [0.29, 0.717) is 5.69 Å². The first-order valence-electron chi connectivity index (χ1n) is 6.60. The molecule has 0 saturated heterocycles. The van der Waals surface area contributed by atoms with Crippen LogP contribution in [0.25, 0.3) is 10.9 Å². The smallest absolute Gasteiger partial charge is 0.146 e. The van der Waals surface area contributed by atoms with Crippen LogP contribution in [0.4, 0.5) is 5.69 Å². The Morgan fingerprint density at radius 2 is 1.80 bits per heavy atom. The topological polar surface area (TPSA) is 48.1 Å². The van der Waals surface area contributed by atoms with Crippen LogP contribution >= 0.6 is 0 Å². The lowest BCUT2D eigenvalue weighted by molar-refractivity contribution is 0.229. The van der Waals surface area contributed by atoms with E-state index >= 15 is 0 Å². The summed E-state index contributed by atoms with van der Waals surface area (Å²) < 4.78 is 6.05. The van der Waals surface area contributed by atoms with Crippen molar-refractivity contribution in [1.82, 2.24) is 4.98 Å². The molecular weight excluding hydrogens is 248 g/mol. The van der Waals surface area contributed by atoms with E-state index in [9.17, 15) is 0 Å². The highest BCUT2D eigenvalue weighted by molar-refractivity contribution is 5.94. The van der Waals surface area contributed by atoms with Crippen molar-refractivity contribution in [2.45, 2.75) is 13.0 Å². The maximum atomic E-state index is 6.05. The molecule has 0 spiro atoms. The van der Waals surface area contributed by atoms with Gasteiger partial charge < -0.3 is 10.5 Å². The number of rotatable bonds is 3. The van der Waals surface area contributed by atoms with Crippen LogP contribution in [0, 0.1) is 0 Å². The van der Waals surface area contributed by atoms with Crippen molar-refractivity contribution in [3.05, 3.63) is 66.4 Å². The number of nitrogen functional groups attached to an aromatic ring is 1. The van der Waals surface area contributed by atoms with Crippen molar-refractivity contribution in [1.29, 1.82) is 0 Å². The molecule has 0 amide bonds. The Hall–Kier alpha value is -2.55. The lowest BCUT2D eigenvalue weighted by Crippen LogP contribution is -2.04. The fraction of sp³-hybridized carbons (Fsp3) is 0.118. The molecule has 2 N–H and O–H groups in total. The van der Waals surface area contributed by atoms with Gasteiger partial charge in [0.25, 0.3) is 0 Å². The van der Waals surface area contributed by atoms with Crippen LogP contribution in [-0.2, 0) is 0 Å². The van der Waals surface area contributed by atoms with E-state index < -0.39 is 0 Å². The Morgan fingerprint density at radius 1 is 1.00 bits per heavy atom. The standard InChI is InChI=1S/C17H16N2O/c1-12(13-6-3-2-4-7-13)20-16-10-9-15(18)14-8-5-11-19-17(14)16/h2-12H,18H2,1H3. The first-order valence-corrected chi connectivity index (χ1v) is 6.60. The third-order valence-electron chi connectivity index (χ3n) is 3.34. The van der Waals surface area contributed by atoms with Crippen molar-refractivity contribution in [3.63, 3.8) is 0 Å². The highest BCUT2D eigenvalue weighted by Crippen LogP contribution is 2.31. The molecule has 0 radical (unpaired) electrons. The zero-order valence-corrected chi connectivity index (χ0v) is 11.3. The minimum atomic E-state index is -0.0370. The fourth-order valence-electron chi connectivity index (χ4n) is 2.25. The Bertz CT molecular complexity index is 725. The van der Waals surface area contributed by atoms with Gasteiger partial charge >= 0.3 is 0 Å². The molecule has 0 aliphatic heterocycles. The maximum absolute atomic E-state index is 6.05. The minimum absolute atomic E-state index is 0.0370. The summed E-state index contributed by atoms with van der Waals surface area (Å²) in [7, 11) is 0. The number of benzene rings is 2. The molecule has 1 heterocycles. The molecule has 3 rings (SSSR count). The summed E-state index contributed by atoms with van der Waals surface area (Å²) in [4.78, 5) is 4.38. The average molecular weight is 264 g/mol. The maximum Gasteiger partial charge on any atom is 0.146 e. The Labute approximate surface area is 118 Å². The van der Waals surface area contributed by atoms with Gasteiger partial charge in [-0.2, -0.15) is 0 Å². The van der Waals surface area contributed by atoms with Crippen LogP contribution in [0.3, 0.4) is 0 Å². The molecule has 0 bridgehead atoms. The normalized spacial score (nSPS) is 12.2. The van der Waals surface area contributed by atoms with Gasteiger partial charge in [-0.3, -0.25) is 4.98 Å². The Kier molecular flexibility index (Phi) is 3.25.